The van der Waals surface area contributed by atoms with Crippen molar-refractivity contribution < 1.29 is 13.9 Å². The van der Waals surface area contributed by atoms with Gasteiger partial charge in [-0.05, 0) is 30.2 Å². The monoisotopic (exact) mass is 405 g/mol. The van der Waals surface area contributed by atoms with Gasteiger partial charge < -0.3 is 19.0 Å². The Balaban J connectivity index is 1.44. The summed E-state index contributed by atoms with van der Waals surface area (Å²) in [7, 11) is 0. The van der Waals surface area contributed by atoms with Crippen LogP contribution in [-0.4, -0.2) is 73.2 Å². The van der Waals surface area contributed by atoms with E-state index in [4.69, 9.17) is 20.8 Å². The van der Waals surface area contributed by atoms with E-state index in [0.717, 1.165) is 29.6 Å². The summed E-state index contributed by atoms with van der Waals surface area (Å²) in [4.78, 5) is 30.6. The van der Waals surface area contributed by atoms with Crippen LogP contribution in [0.25, 0.3) is 11.0 Å². The summed E-state index contributed by atoms with van der Waals surface area (Å²) in [6.07, 6.45) is 0. The van der Waals surface area contributed by atoms with Gasteiger partial charge in [-0.2, -0.15) is 0 Å². The SMILES string of the molecule is Cc1cc2oc(=O)cc(CN3CCN(C(=O)N4CCOCC4)CC3)c2cc1Cl. The molecule has 4 rings (SSSR count). The smallest absolute Gasteiger partial charge is 0.336 e. The standard InChI is InChI=1S/C20H24ClN3O4/c1-14-10-18-16(12-17(14)21)15(11-19(25)28-18)13-22-2-4-23(5-3-22)20(26)24-6-8-27-9-7-24/h10-12H,2-9,13H2,1H3. The van der Waals surface area contributed by atoms with Gasteiger partial charge in [0.2, 0.25) is 0 Å². The number of benzene rings is 1. The zero-order valence-corrected chi connectivity index (χ0v) is 16.7. The van der Waals surface area contributed by atoms with Crippen molar-refractivity contribution in [1.29, 1.82) is 0 Å². The fourth-order valence-corrected chi connectivity index (χ4v) is 3.94. The number of carbonyl (C=O) groups is 1. The normalized spacial score (nSPS) is 18.6. The first-order chi connectivity index (χ1) is 13.5. The van der Waals surface area contributed by atoms with E-state index in [1.54, 1.807) is 6.07 Å². The maximum atomic E-state index is 12.6. The maximum absolute atomic E-state index is 12.6. The number of rotatable bonds is 2. The first-order valence-electron chi connectivity index (χ1n) is 9.58. The molecule has 1 aromatic carbocycles. The molecule has 1 aromatic heterocycles. The molecule has 2 aliphatic rings. The summed E-state index contributed by atoms with van der Waals surface area (Å²) >= 11 is 6.28. The van der Waals surface area contributed by atoms with Crippen molar-refractivity contribution in [2.45, 2.75) is 13.5 Å². The van der Waals surface area contributed by atoms with Crippen LogP contribution < -0.4 is 5.63 Å². The van der Waals surface area contributed by atoms with Crippen LogP contribution in [-0.2, 0) is 11.3 Å². The zero-order valence-electron chi connectivity index (χ0n) is 15.9. The van der Waals surface area contributed by atoms with Crippen molar-refractivity contribution in [2.24, 2.45) is 0 Å². The van der Waals surface area contributed by atoms with Crippen molar-refractivity contribution in [3.63, 3.8) is 0 Å². The number of amides is 2. The van der Waals surface area contributed by atoms with Gasteiger partial charge in [-0.1, -0.05) is 11.6 Å². The van der Waals surface area contributed by atoms with Crippen LogP contribution in [0.3, 0.4) is 0 Å². The molecule has 0 aliphatic carbocycles. The molecule has 3 heterocycles. The van der Waals surface area contributed by atoms with Crippen molar-refractivity contribution in [1.82, 2.24) is 14.7 Å². The molecule has 0 atom stereocenters. The van der Waals surface area contributed by atoms with Crippen molar-refractivity contribution in [3.8, 4) is 0 Å². The van der Waals surface area contributed by atoms with Gasteiger partial charge in [-0.25, -0.2) is 9.59 Å². The van der Waals surface area contributed by atoms with Gasteiger partial charge in [-0.15, -0.1) is 0 Å². The molecular formula is C20H24ClN3O4. The van der Waals surface area contributed by atoms with Gasteiger partial charge in [0.05, 0.1) is 13.2 Å². The van der Waals surface area contributed by atoms with Gasteiger partial charge in [-0.3, -0.25) is 4.90 Å². The lowest BCUT2D eigenvalue weighted by Gasteiger charge is -2.38. The van der Waals surface area contributed by atoms with Crippen molar-refractivity contribution in [3.05, 3.63) is 44.8 Å². The van der Waals surface area contributed by atoms with E-state index in [-0.39, 0.29) is 11.7 Å². The number of aryl methyl sites for hydroxylation is 1. The average molecular weight is 406 g/mol. The van der Waals surface area contributed by atoms with E-state index in [0.29, 0.717) is 56.5 Å². The molecule has 2 fully saturated rings. The summed E-state index contributed by atoms with van der Waals surface area (Å²) in [5, 5.41) is 1.52. The zero-order chi connectivity index (χ0) is 19.7. The largest absolute Gasteiger partial charge is 0.423 e. The molecule has 0 N–H and O–H groups in total. The third kappa shape index (κ3) is 4.01. The molecule has 28 heavy (non-hydrogen) atoms. The number of urea groups is 1. The van der Waals surface area contributed by atoms with E-state index >= 15 is 0 Å². The molecule has 2 aromatic rings. The predicted molar refractivity (Wildman–Crippen MR) is 107 cm³/mol. The minimum atomic E-state index is -0.356. The Morgan fingerprint density at radius 3 is 2.43 bits per heavy atom. The number of carbonyl (C=O) groups excluding carboxylic acids is 1. The number of morpholine rings is 1. The Morgan fingerprint density at radius 1 is 1.04 bits per heavy atom. The molecule has 0 bridgehead atoms. The minimum Gasteiger partial charge on any atom is -0.423 e. The molecule has 150 valence electrons. The van der Waals surface area contributed by atoms with Gasteiger partial charge >= 0.3 is 11.7 Å². The van der Waals surface area contributed by atoms with Crippen LogP contribution in [0.1, 0.15) is 11.1 Å². The summed E-state index contributed by atoms with van der Waals surface area (Å²) in [6, 6.07) is 5.31. The predicted octanol–water partition coefficient (Wildman–Crippen LogP) is 2.32. The molecule has 8 heteroatoms. The van der Waals surface area contributed by atoms with Crippen LogP contribution in [0.5, 0.6) is 0 Å². The Kier molecular flexibility index (Phi) is 5.57. The maximum Gasteiger partial charge on any atom is 0.336 e. The number of hydrogen-bond donors (Lipinski definition) is 0. The third-order valence-electron chi connectivity index (χ3n) is 5.43. The number of fused-ring (bicyclic) bond motifs is 1. The van der Waals surface area contributed by atoms with Crippen LogP contribution in [0, 0.1) is 6.92 Å². The highest BCUT2D eigenvalue weighted by atomic mass is 35.5. The van der Waals surface area contributed by atoms with Crippen molar-refractivity contribution >= 4 is 28.6 Å². The van der Waals surface area contributed by atoms with E-state index in [2.05, 4.69) is 4.90 Å². The molecule has 0 radical (unpaired) electrons. The summed E-state index contributed by atoms with van der Waals surface area (Å²) < 4.78 is 10.7. The molecular weight excluding hydrogens is 382 g/mol. The number of halogens is 1. The average Bonchev–Trinajstić information content (AvgIpc) is 2.70. The van der Waals surface area contributed by atoms with Crippen LogP contribution in [0.15, 0.2) is 27.4 Å². The number of hydrogen-bond acceptors (Lipinski definition) is 5. The van der Waals surface area contributed by atoms with E-state index < -0.39 is 0 Å². The van der Waals surface area contributed by atoms with Crippen LogP contribution in [0.2, 0.25) is 5.02 Å². The molecule has 0 saturated carbocycles. The number of ether oxygens (including phenoxy) is 1. The fraction of sp³-hybridized carbons (Fsp3) is 0.500. The van der Waals surface area contributed by atoms with Gasteiger partial charge in [0, 0.05) is 62.3 Å². The Bertz CT molecular complexity index is 931. The van der Waals surface area contributed by atoms with Gasteiger partial charge in [0.25, 0.3) is 0 Å². The Hall–Kier alpha value is -2.09. The second-order valence-corrected chi connectivity index (χ2v) is 7.74. The molecule has 7 nitrogen and oxygen atoms in total. The Labute approximate surface area is 168 Å². The highest BCUT2D eigenvalue weighted by Crippen LogP contribution is 2.26. The first kappa shape index (κ1) is 19.2. The minimum absolute atomic E-state index is 0.0935. The molecule has 2 saturated heterocycles. The summed E-state index contributed by atoms with van der Waals surface area (Å²) in [5.41, 5.74) is 1.99. The molecule has 2 aliphatic heterocycles. The molecule has 0 unspecified atom stereocenters. The Morgan fingerprint density at radius 2 is 1.71 bits per heavy atom. The lowest BCUT2D eigenvalue weighted by molar-refractivity contribution is 0.0373. The van der Waals surface area contributed by atoms with Gasteiger partial charge in [0.1, 0.15) is 5.58 Å². The highest BCUT2D eigenvalue weighted by Gasteiger charge is 2.26. The summed E-state index contributed by atoms with van der Waals surface area (Å²) in [5.74, 6) is 0. The van der Waals surface area contributed by atoms with Crippen LogP contribution in [0.4, 0.5) is 4.79 Å². The van der Waals surface area contributed by atoms with E-state index in [9.17, 15) is 9.59 Å². The lowest BCUT2D eigenvalue weighted by atomic mass is 10.1. The number of piperazine rings is 1. The second-order valence-electron chi connectivity index (χ2n) is 7.33. The van der Waals surface area contributed by atoms with Crippen molar-refractivity contribution in [2.75, 3.05) is 52.5 Å². The highest BCUT2D eigenvalue weighted by molar-refractivity contribution is 6.32. The fourth-order valence-electron chi connectivity index (χ4n) is 3.77. The molecule has 0 spiro atoms. The van der Waals surface area contributed by atoms with Gasteiger partial charge in [0.15, 0.2) is 0 Å². The lowest BCUT2D eigenvalue weighted by Crippen LogP contribution is -2.54. The molecule has 2 amide bonds. The quantitative estimate of drug-likeness (QED) is 0.717. The van der Waals surface area contributed by atoms with Crippen LogP contribution >= 0.6 is 11.6 Å². The van der Waals surface area contributed by atoms with E-state index in [1.165, 1.54) is 0 Å². The topological polar surface area (TPSA) is 66.2 Å². The third-order valence-corrected chi connectivity index (χ3v) is 5.83. The summed E-state index contributed by atoms with van der Waals surface area (Å²) in [6.45, 7) is 7.92. The first-order valence-corrected chi connectivity index (χ1v) is 9.96. The number of nitrogens with zero attached hydrogens (tertiary/aromatic N) is 3. The van der Waals surface area contributed by atoms with E-state index in [1.807, 2.05) is 28.9 Å². The second kappa shape index (κ2) is 8.11.